The maximum absolute atomic E-state index is 12.1. The van der Waals surface area contributed by atoms with E-state index < -0.39 is 0 Å². The summed E-state index contributed by atoms with van der Waals surface area (Å²) in [6.45, 7) is 6.04. The molecule has 1 aromatic heterocycles. The van der Waals surface area contributed by atoms with Crippen LogP contribution < -0.4 is 0 Å². The third-order valence-corrected chi connectivity index (χ3v) is 3.57. The molecular weight excluding hydrogens is 214 g/mol. The van der Waals surface area contributed by atoms with E-state index in [4.69, 9.17) is 0 Å². The summed E-state index contributed by atoms with van der Waals surface area (Å²) in [6, 6.07) is 1.99. The number of hydrogen-bond donors (Lipinski definition) is 0. The molecule has 4 heteroatoms. The molecular formula is C13H21N3O. The molecule has 1 aromatic rings. The van der Waals surface area contributed by atoms with E-state index in [2.05, 4.69) is 12.0 Å². The van der Waals surface area contributed by atoms with Crippen LogP contribution in [-0.4, -0.2) is 33.7 Å². The second-order valence-corrected chi connectivity index (χ2v) is 5.14. The molecule has 0 radical (unpaired) electrons. The summed E-state index contributed by atoms with van der Waals surface area (Å²) in [5.41, 5.74) is 1.98. The van der Waals surface area contributed by atoms with E-state index in [9.17, 15) is 4.79 Å². The summed E-state index contributed by atoms with van der Waals surface area (Å²) in [5, 5.41) is 4.27. The number of aryl methyl sites for hydroxylation is 2. The molecule has 0 bridgehead atoms. The number of aromatic nitrogens is 2. The molecule has 2 heterocycles. The first kappa shape index (κ1) is 12.1. The van der Waals surface area contributed by atoms with Crippen LogP contribution in [0.15, 0.2) is 6.07 Å². The van der Waals surface area contributed by atoms with Gasteiger partial charge < -0.3 is 4.90 Å². The lowest BCUT2D eigenvalue weighted by atomic mass is 9.99. The topological polar surface area (TPSA) is 38.1 Å². The van der Waals surface area contributed by atoms with Gasteiger partial charge in [0.2, 0.25) is 5.91 Å². The lowest BCUT2D eigenvalue weighted by molar-refractivity contribution is -0.131. The van der Waals surface area contributed by atoms with Crippen molar-refractivity contribution in [3.8, 4) is 0 Å². The molecule has 0 aromatic carbocycles. The van der Waals surface area contributed by atoms with Crippen molar-refractivity contribution in [2.45, 2.75) is 33.1 Å². The Bertz CT molecular complexity index is 403. The van der Waals surface area contributed by atoms with Gasteiger partial charge in [-0.2, -0.15) is 5.10 Å². The highest BCUT2D eigenvalue weighted by atomic mass is 16.2. The first-order valence-corrected chi connectivity index (χ1v) is 6.33. The predicted molar refractivity (Wildman–Crippen MR) is 66.6 cm³/mol. The van der Waals surface area contributed by atoms with Gasteiger partial charge in [-0.1, -0.05) is 6.92 Å². The van der Waals surface area contributed by atoms with Crippen molar-refractivity contribution in [1.82, 2.24) is 14.7 Å². The van der Waals surface area contributed by atoms with E-state index in [1.165, 1.54) is 0 Å². The lowest BCUT2D eigenvalue weighted by Gasteiger charge is -2.30. The summed E-state index contributed by atoms with van der Waals surface area (Å²) < 4.78 is 1.81. The average molecular weight is 235 g/mol. The summed E-state index contributed by atoms with van der Waals surface area (Å²) in [5.74, 6) is 0.998. The second kappa shape index (κ2) is 4.90. The third kappa shape index (κ3) is 2.87. The molecule has 1 saturated heterocycles. The van der Waals surface area contributed by atoms with Crippen molar-refractivity contribution >= 4 is 5.91 Å². The Labute approximate surface area is 103 Å². The van der Waals surface area contributed by atoms with Crippen LogP contribution in [0.25, 0.3) is 0 Å². The number of carbonyl (C=O) groups excluding carboxylic acids is 1. The zero-order chi connectivity index (χ0) is 12.4. The van der Waals surface area contributed by atoms with E-state index in [1.54, 1.807) is 4.68 Å². The highest BCUT2D eigenvalue weighted by Gasteiger charge is 2.21. The number of piperidine rings is 1. The molecule has 1 fully saturated rings. The van der Waals surface area contributed by atoms with Gasteiger partial charge >= 0.3 is 0 Å². The predicted octanol–water partition coefficient (Wildman–Crippen LogP) is 1.53. The molecule has 2 rings (SSSR count). The largest absolute Gasteiger partial charge is 0.342 e. The molecule has 1 aliphatic rings. The smallest absolute Gasteiger partial charge is 0.228 e. The lowest BCUT2D eigenvalue weighted by Crippen LogP contribution is -2.39. The summed E-state index contributed by atoms with van der Waals surface area (Å²) >= 11 is 0. The van der Waals surface area contributed by atoms with Crippen molar-refractivity contribution in [3.63, 3.8) is 0 Å². The summed E-state index contributed by atoms with van der Waals surface area (Å²) in [4.78, 5) is 14.1. The molecule has 0 aliphatic carbocycles. The second-order valence-electron chi connectivity index (χ2n) is 5.14. The van der Waals surface area contributed by atoms with Crippen LogP contribution in [0.3, 0.4) is 0 Å². The van der Waals surface area contributed by atoms with Gasteiger partial charge in [-0.3, -0.25) is 9.48 Å². The zero-order valence-electron chi connectivity index (χ0n) is 10.9. The van der Waals surface area contributed by atoms with Gasteiger partial charge in [0, 0.05) is 25.8 Å². The fourth-order valence-corrected chi connectivity index (χ4v) is 2.35. The maximum Gasteiger partial charge on any atom is 0.228 e. The number of amides is 1. The fraction of sp³-hybridized carbons (Fsp3) is 0.692. The van der Waals surface area contributed by atoms with Crippen LogP contribution in [0.1, 0.15) is 31.2 Å². The van der Waals surface area contributed by atoms with Crippen LogP contribution in [0.4, 0.5) is 0 Å². The first-order valence-electron chi connectivity index (χ1n) is 6.33. The third-order valence-electron chi connectivity index (χ3n) is 3.57. The SMILES string of the molecule is Cc1cc(CC(=O)N2CCC(C)CC2)n(C)n1. The van der Waals surface area contributed by atoms with E-state index in [0.717, 1.165) is 43.2 Å². The average Bonchev–Trinajstić information content (AvgIpc) is 2.58. The highest BCUT2D eigenvalue weighted by Crippen LogP contribution is 2.17. The summed E-state index contributed by atoms with van der Waals surface area (Å²) in [6.07, 6.45) is 2.75. The molecule has 0 atom stereocenters. The van der Waals surface area contributed by atoms with Crippen LogP contribution in [0.5, 0.6) is 0 Å². The zero-order valence-corrected chi connectivity index (χ0v) is 10.9. The van der Waals surface area contributed by atoms with Crippen molar-refractivity contribution < 1.29 is 4.79 Å². The quantitative estimate of drug-likeness (QED) is 0.779. The van der Waals surface area contributed by atoms with Crippen LogP contribution >= 0.6 is 0 Å². The van der Waals surface area contributed by atoms with Crippen molar-refractivity contribution in [2.75, 3.05) is 13.1 Å². The number of hydrogen-bond acceptors (Lipinski definition) is 2. The standard InChI is InChI=1S/C13H21N3O/c1-10-4-6-16(7-5-10)13(17)9-12-8-11(2)14-15(12)3/h8,10H,4-7,9H2,1-3H3. The Kier molecular flexibility index (Phi) is 3.50. The van der Waals surface area contributed by atoms with Gasteiger partial charge in [0.05, 0.1) is 12.1 Å². The van der Waals surface area contributed by atoms with E-state index in [0.29, 0.717) is 6.42 Å². The number of carbonyl (C=O) groups is 1. The van der Waals surface area contributed by atoms with Crippen LogP contribution in [-0.2, 0) is 18.3 Å². The molecule has 4 nitrogen and oxygen atoms in total. The molecule has 0 saturated carbocycles. The molecule has 0 N–H and O–H groups in total. The van der Waals surface area contributed by atoms with Crippen LogP contribution in [0, 0.1) is 12.8 Å². The fourth-order valence-electron chi connectivity index (χ4n) is 2.35. The van der Waals surface area contributed by atoms with Gasteiger partial charge in [0.1, 0.15) is 0 Å². The van der Waals surface area contributed by atoms with Crippen molar-refractivity contribution in [2.24, 2.45) is 13.0 Å². The molecule has 1 aliphatic heterocycles. The highest BCUT2D eigenvalue weighted by molar-refractivity contribution is 5.78. The maximum atomic E-state index is 12.1. The monoisotopic (exact) mass is 235 g/mol. The van der Waals surface area contributed by atoms with Gasteiger partial charge in [-0.15, -0.1) is 0 Å². The van der Waals surface area contributed by atoms with Gasteiger partial charge in [-0.25, -0.2) is 0 Å². The number of nitrogens with zero attached hydrogens (tertiary/aromatic N) is 3. The Morgan fingerprint density at radius 3 is 2.65 bits per heavy atom. The Morgan fingerprint density at radius 1 is 1.47 bits per heavy atom. The van der Waals surface area contributed by atoms with Gasteiger partial charge in [0.15, 0.2) is 0 Å². The number of likely N-dealkylation sites (tertiary alicyclic amines) is 1. The minimum Gasteiger partial charge on any atom is -0.342 e. The van der Waals surface area contributed by atoms with Crippen molar-refractivity contribution in [3.05, 3.63) is 17.5 Å². The normalized spacial score (nSPS) is 17.5. The van der Waals surface area contributed by atoms with E-state index in [-0.39, 0.29) is 5.91 Å². The Balaban J connectivity index is 1.95. The first-order chi connectivity index (χ1) is 8.06. The summed E-state index contributed by atoms with van der Waals surface area (Å²) in [7, 11) is 1.90. The molecule has 0 spiro atoms. The van der Waals surface area contributed by atoms with E-state index in [1.807, 2.05) is 24.9 Å². The molecule has 0 unspecified atom stereocenters. The van der Waals surface area contributed by atoms with Gasteiger partial charge in [0.25, 0.3) is 0 Å². The number of rotatable bonds is 2. The molecule has 17 heavy (non-hydrogen) atoms. The minimum absolute atomic E-state index is 0.236. The van der Waals surface area contributed by atoms with Crippen molar-refractivity contribution in [1.29, 1.82) is 0 Å². The minimum atomic E-state index is 0.236. The van der Waals surface area contributed by atoms with Gasteiger partial charge in [-0.05, 0) is 31.7 Å². The Morgan fingerprint density at radius 2 is 2.12 bits per heavy atom. The Hall–Kier alpha value is -1.32. The molecule has 94 valence electrons. The molecule has 1 amide bonds. The van der Waals surface area contributed by atoms with Crippen LogP contribution in [0.2, 0.25) is 0 Å². The van der Waals surface area contributed by atoms with E-state index >= 15 is 0 Å².